The van der Waals surface area contributed by atoms with Crippen molar-refractivity contribution in [3.63, 3.8) is 0 Å². The van der Waals surface area contributed by atoms with E-state index in [4.69, 9.17) is 15.9 Å². The molecule has 0 unspecified atom stereocenters. The van der Waals surface area contributed by atoms with Gasteiger partial charge in [-0.05, 0) is 12.2 Å². The summed E-state index contributed by atoms with van der Waals surface area (Å²) >= 11 is 1.36. The van der Waals surface area contributed by atoms with Crippen LogP contribution in [0.4, 0.5) is 5.82 Å². The van der Waals surface area contributed by atoms with E-state index >= 15 is 0 Å². The number of nitrogens with two attached hydrogens (primary N) is 1. The second kappa shape index (κ2) is 5.76. The Kier molecular flexibility index (Phi) is 4.63. The molecule has 1 rings (SSSR count). The molecule has 0 fully saturated rings. The van der Waals surface area contributed by atoms with Crippen molar-refractivity contribution in [2.75, 3.05) is 18.1 Å². The average molecular weight is 245 g/mol. The summed E-state index contributed by atoms with van der Waals surface area (Å²) < 4.78 is 1.32. The van der Waals surface area contributed by atoms with Crippen LogP contribution < -0.4 is 5.73 Å². The Bertz CT molecular complexity index is 378. The summed E-state index contributed by atoms with van der Waals surface area (Å²) in [5.74, 6) is -0.198. The third kappa shape index (κ3) is 2.67. The quantitative estimate of drug-likeness (QED) is 0.636. The van der Waals surface area contributed by atoms with Gasteiger partial charge in [0.25, 0.3) is 0 Å². The van der Waals surface area contributed by atoms with Crippen molar-refractivity contribution in [3.05, 3.63) is 5.56 Å². The molecule has 0 saturated heterocycles. The van der Waals surface area contributed by atoms with Crippen LogP contribution in [0, 0.1) is 0 Å². The van der Waals surface area contributed by atoms with Gasteiger partial charge in [-0.15, -0.1) is 11.8 Å². The second-order valence-electron chi connectivity index (χ2n) is 3.17. The zero-order valence-electron chi connectivity index (χ0n) is 9.01. The molecule has 0 radical (unpaired) electrons. The van der Waals surface area contributed by atoms with Gasteiger partial charge in [0.2, 0.25) is 0 Å². The number of rotatable bonds is 6. The van der Waals surface area contributed by atoms with Crippen molar-refractivity contribution in [3.8, 4) is 0 Å². The molecule has 0 aromatic carbocycles. The Hall–Kier alpha value is -1.21. The lowest BCUT2D eigenvalue weighted by Crippen LogP contribution is -2.09. The van der Waals surface area contributed by atoms with Crippen molar-refractivity contribution in [2.45, 2.75) is 24.9 Å². The number of nitrogen functional groups attached to an aromatic ring is 1. The van der Waals surface area contributed by atoms with Crippen molar-refractivity contribution >= 4 is 23.5 Å². The van der Waals surface area contributed by atoms with Gasteiger partial charge in [0.05, 0.1) is 13.2 Å². The number of aliphatic hydroxyl groups excluding tert-OH is 1. The minimum Gasteiger partial charge on any atom is -0.477 e. The van der Waals surface area contributed by atoms with Crippen LogP contribution in [0.2, 0.25) is 0 Å². The molecule has 0 bridgehead atoms. The van der Waals surface area contributed by atoms with Gasteiger partial charge in [0, 0.05) is 0 Å². The van der Waals surface area contributed by atoms with Crippen molar-refractivity contribution in [2.24, 2.45) is 0 Å². The van der Waals surface area contributed by atoms with Gasteiger partial charge in [0.1, 0.15) is 16.4 Å². The number of aromatic carboxylic acids is 1. The topological polar surface area (TPSA) is 101 Å². The Balaban J connectivity index is 3.04. The predicted octanol–water partition coefficient (Wildman–Crippen LogP) is 0.658. The van der Waals surface area contributed by atoms with Gasteiger partial charge < -0.3 is 15.9 Å². The van der Waals surface area contributed by atoms with Crippen molar-refractivity contribution < 1.29 is 15.0 Å². The first kappa shape index (κ1) is 12.9. The van der Waals surface area contributed by atoms with Crippen molar-refractivity contribution in [1.82, 2.24) is 9.78 Å². The zero-order chi connectivity index (χ0) is 12.1. The molecule has 0 aliphatic carbocycles. The normalized spacial score (nSPS) is 10.6. The molecule has 0 amide bonds. The fourth-order valence-corrected chi connectivity index (χ4v) is 2.11. The summed E-state index contributed by atoms with van der Waals surface area (Å²) in [5, 5.41) is 22.3. The number of hydrogen-bond donors (Lipinski definition) is 3. The smallest absolute Gasteiger partial charge is 0.342 e. The molecule has 0 atom stereocenters. The monoisotopic (exact) mass is 245 g/mol. The number of thioether (sulfide) groups is 1. The molecule has 0 aliphatic rings. The molecule has 1 heterocycles. The number of aromatic nitrogens is 2. The van der Waals surface area contributed by atoms with E-state index in [-0.39, 0.29) is 24.5 Å². The predicted molar refractivity (Wildman–Crippen MR) is 61.7 cm³/mol. The van der Waals surface area contributed by atoms with E-state index in [1.165, 1.54) is 16.4 Å². The van der Waals surface area contributed by atoms with Crippen LogP contribution in [0.25, 0.3) is 0 Å². The highest BCUT2D eigenvalue weighted by Gasteiger charge is 2.21. The minimum absolute atomic E-state index is 0.0342. The molecule has 1 aromatic rings. The van der Waals surface area contributed by atoms with Gasteiger partial charge in [-0.3, -0.25) is 0 Å². The van der Waals surface area contributed by atoms with E-state index in [2.05, 4.69) is 5.10 Å². The number of carboxylic acid groups (broad SMARTS) is 1. The minimum atomic E-state index is -1.08. The Morgan fingerprint density at radius 1 is 1.62 bits per heavy atom. The summed E-state index contributed by atoms with van der Waals surface area (Å²) in [7, 11) is 0. The maximum Gasteiger partial charge on any atom is 0.342 e. The molecular weight excluding hydrogens is 230 g/mol. The number of aliphatic hydroxyl groups is 1. The maximum atomic E-state index is 11.0. The first-order valence-electron chi connectivity index (χ1n) is 4.95. The van der Waals surface area contributed by atoms with Gasteiger partial charge in [-0.2, -0.15) is 5.10 Å². The number of carbonyl (C=O) groups is 1. The molecule has 90 valence electrons. The number of anilines is 1. The zero-order valence-corrected chi connectivity index (χ0v) is 9.83. The van der Waals surface area contributed by atoms with E-state index in [1.54, 1.807) is 0 Å². The molecule has 4 N–H and O–H groups in total. The SMILES string of the molecule is CCCSc1nn(CCO)c(N)c1C(=O)O. The molecule has 1 aromatic heterocycles. The molecule has 16 heavy (non-hydrogen) atoms. The first-order chi connectivity index (χ1) is 7.61. The highest BCUT2D eigenvalue weighted by Crippen LogP contribution is 2.26. The molecular formula is C9H15N3O3S. The lowest BCUT2D eigenvalue weighted by Gasteiger charge is -1.99. The molecule has 6 nitrogen and oxygen atoms in total. The molecule has 0 spiro atoms. The fourth-order valence-electron chi connectivity index (χ4n) is 1.22. The summed E-state index contributed by atoms with van der Waals surface area (Å²) in [6.07, 6.45) is 0.927. The second-order valence-corrected chi connectivity index (χ2v) is 4.25. The lowest BCUT2D eigenvalue weighted by molar-refractivity contribution is 0.0694. The number of carboxylic acids is 1. The molecule has 7 heteroatoms. The van der Waals surface area contributed by atoms with Gasteiger partial charge in [-0.1, -0.05) is 6.92 Å². The highest BCUT2D eigenvalue weighted by atomic mass is 32.2. The van der Waals surface area contributed by atoms with Crippen molar-refractivity contribution in [1.29, 1.82) is 0 Å². The van der Waals surface area contributed by atoms with Crippen LogP contribution in [-0.2, 0) is 6.54 Å². The Morgan fingerprint density at radius 3 is 2.81 bits per heavy atom. The summed E-state index contributed by atoms with van der Waals surface area (Å²) in [6, 6.07) is 0. The van der Waals surface area contributed by atoms with Gasteiger partial charge in [0.15, 0.2) is 0 Å². The van der Waals surface area contributed by atoms with Crippen LogP contribution in [0.1, 0.15) is 23.7 Å². The van der Waals surface area contributed by atoms with Crippen LogP contribution in [0.5, 0.6) is 0 Å². The standard InChI is InChI=1S/C9H15N3O3S/c1-2-5-16-8-6(9(14)15)7(10)12(11-8)3-4-13/h13H,2-5,10H2,1H3,(H,14,15). The summed E-state index contributed by atoms with van der Waals surface area (Å²) in [5.41, 5.74) is 5.69. The number of hydrogen-bond acceptors (Lipinski definition) is 5. The van der Waals surface area contributed by atoms with Crippen LogP contribution >= 0.6 is 11.8 Å². The largest absolute Gasteiger partial charge is 0.477 e. The Morgan fingerprint density at radius 2 is 2.31 bits per heavy atom. The fraction of sp³-hybridized carbons (Fsp3) is 0.556. The lowest BCUT2D eigenvalue weighted by atomic mass is 10.3. The van der Waals surface area contributed by atoms with E-state index in [0.29, 0.717) is 5.03 Å². The third-order valence-corrected chi connectivity index (χ3v) is 3.10. The summed E-state index contributed by atoms with van der Waals surface area (Å²) in [6.45, 7) is 2.09. The summed E-state index contributed by atoms with van der Waals surface area (Å²) in [4.78, 5) is 11.0. The van der Waals surface area contributed by atoms with Gasteiger partial charge >= 0.3 is 5.97 Å². The third-order valence-electron chi connectivity index (χ3n) is 1.93. The van der Waals surface area contributed by atoms with E-state index in [0.717, 1.165) is 12.2 Å². The van der Waals surface area contributed by atoms with E-state index in [9.17, 15) is 4.79 Å². The first-order valence-corrected chi connectivity index (χ1v) is 5.93. The molecule has 0 saturated carbocycles. The average Bonchev–Trinajstić information content (AvgIpc) is 2.53. The Labute approximate surface area is 97.4 Å². The van der Waals surface area contributed by atoms with Crippen LogP contribution in [-0.4, -0.2) is 38.3 Å². The van der Waals surface area contributed by atoms with E-state index < -0.39 is 5.97 Å². The van der Waals surface area contributed by atoms with Gasteiger partial charge in [-0.25, -0.2) is 9.48 Å². The highest BCUT2D eigenvalue weighted by molar-refractivity contribution is 7.99. The van der Waals surface area contributed by atoms with Crippen LogP contribution in [0.3, 0.4) is 0 Å². The molecule has 0 aliphatic heterocycles. The van der Waals surface area contributed by atoms with E-state index in [1.807, 2.05) is 6.92 Å². The number of nitrogens with zero attached hydrogens (tertiary/aromatic N) is 2. The maximum absolute atomic E-state index is 11.0. The van der Waals surface area contributed by atoms with Crippen LogP contribution in [0.15, 0.2) is 5.03 Å².